The van der Waals surface area contributed by atoms with Crippen LogP contribution in [0.1, 0.15) is 19.4 Å². The Balaban J connectivity index is 2.44. The molecule has 27 heavy (non-hydrogen) atoms. The molecule has 0 aliphatic heterocycles. The Kier molecular flexibility index (Phi) is 6.72. The third-order valence-corrected chi connectivity index (χ3v) is 6.21. The van der Waals surface area contributed by atoms with Gasteiger partial charge in [-0.25, -0.2) is 18.4 Å². The SMILES string of the molecule is CC(C)(CSC(F)(F)C(F)F)C(O)(Cn1cncn1)c1ccc(Cl)cc1Cl. The van der Waals surface area contributed by atoms with Gasteiger partial charge in [0.05, 0.1) is 6.54 Å². The number of aliphatic hydroxyl groups is 1. The highest BCUT2D eigenvalue weighted by atomic mass is 35.5. The van der Waals surface area contributed by atoms with Crippen LogP contribution in [-0.4, -0.2) is 37.3 Å². The zero-order chi connectivity index (χ0) is 20.5. The molecule has 1 atom stereocenters. The van der Waals surface area contributed by atoms with Crippen molar-refractivity contribution in [1.29, 1.82) is 0 Å². The third kappa shape index (κ3) is 4.88. The van der Waals surface area contributed by atoms with Crippen LogP contribution in [0.25, 0.3) is 0 Å². The minimum atomic E-state index is -4.24. The van der Waals surface area contributed by atoms with E-state index in [-0.39, 0.29) is 28.9 Å². The van der Waals surface area contributed by atoms with Crippen LogP contribution in [0.15, 0.2) is 30.9 Å². The van der Waals surface area contributed by atoms with Gasteiger partial charge in [0.15, 0.2) is 0 Å². The van der Waals surface area contributed by atoms with E-state index >= 15 is 0 Å². The fourth-order valence-electron chi connectivity index (χ4n) is 2.50. The van der Waals surface area contributed by atoms with Crippen LogP contribution in [0.4, 0.5) is 17.6 Å². The van der Waals surface area contributed by atoms with E-state index in [0.717, 1.165) is 0 Å². The quantitative estimate of drug-likeness (QED) is 0.574. The van der Waals surface area contributed by atoms with Crippen molar-refractivity contribution < 1.29 is 22.7 Å². The molecule has 1 aromatic heterocycles. The van der Waals surface area contributed by atoms with Crippen LogP contribution in [0.5, 0.6) is 0 Å². The minimum absolute atomic E-state index is 0.115. The van der Waals surface area contributed by atoms with E-state index in [1.807, 2.05) is 0 Å². The zero-order valence-electron chi connectivity index (χ0n) is 14.3. The van der Waals surface area contributed by atoms with Crippen molar-refractivity contribution >= 4 is 35.0 Å². The number of hydrogen-bond acceptors (Lipinski definition) is 4. The predicted octanol–water partition coefficient (Wildman–Crippen LogP) is 5.09. The van der Waals surface area contributed by atoms with E-state index in [4.69, 9.17) is 23.2 Å². The fourth-order valence-corrected chi connectivity index (χ4v) is 3.98. The lowest BCUT2D eigenvalue weighted by Crippen LogP contribution is -2.48. The molecule has 0 aliphatic carbocycles. The Morgan fingerprint density at radius 3 is 2.44 bits per heavy atom. The Labute approximate surface area is 167 Å². The molecule has 0 fully saturated rings. The lowest BCUT2D eigenvalue weighted by Gasteiger charge is -2.43. The molecule has 0 spiro atoms. The summed E-state index contributed by atoms with van der Waals surface area (Å²) in [6.45, 7) is 2.80. The van der Waals surface area contributed by atoms with E-state index < -0.39 is 28.4 Å². The van der Waals surface area contributed by atoms with Crippen LogP contribution >= 0.6 is 35.0 Å². The van der Waals surface area contributed by atoms with Crippen LogP contribution in [0.3, 0.4) is 0 Å². The molecule has 2 rings (SSSR count). The first-order chi connectivity index (χ1) is 12.4. The maximum atomic E-state index is 13.4. The summed E-state index contributed by atoms with van der Waals surface area (Å²) >= 11 is 11.9. The summed E-state index contributed by atoms with van der Waals surface area (Å²) in [5, 5.41) is 11.6. The summed E-state index contributed by atoms with van der Waals surface area (Å²) in [7, 11) is 0. The highest BCUT2D eigenvalue weighted by Gasteiger charge is 2.50. The van der Waals surface area contributed by atoms with E-state index in [9.17, 15) is 22.7 Å². The number of rotatable bonds is 8. The lowest BCUT2D eigenvalue weighted by molar-refractivity contribution is -0.0809. The number of thioether (sulfide) groups is 1. The summed E-state index contributed by atoms with van der Waals surface area (Å²) in [6, 6.07) is 4.37. The largest absolute Gasteiger partial charge is 0.383 e. The van der Waals surface area contributed by atoms with Gasteiger partial charge in [0, 0.05) is 26.8 Å². The predicted molar refractivity (Wildman–Crippen MR) is 97.6 cm³/mol. The number of hydrogen-bond donors (Lipinski definition) is 1. The van der Waals surface area contributed by atoms with Crippen LogP contribution in [0.2, 0.25) is 10.0 Å². The van der Waals surface area contributed by atoms with Crippen LogP contribution in [-0.2, 0) is 12.1 Å². The molecule has 4 nitrogen and oxygen atoms in total. The molecule has 0 bridgehead atoms. The molecule has 150 valence electrons. The van der Waals surface area contributed by atoms with E-state index in [2.05, 4.69) is 10.1 Å². The molecule has 2 aromatic rings. The molecule has 0 radical (unpaired) electrons. The minimum Gasteiger partial charge on any atom is -0.383 e. The number of benzene rings is 1. The Bertz CT molecular complexity index is 777. The van der Waals surface area contributed by atoms with Gasteiger partial charge in [0.25, 0.3) is 0 Å². The third-order valence-electron chi connectivity index (χ3n) is 4.23. The highest BCUT2D eigenvalue weighted by molar-refractivity contribution is 8.00. The van der Waals surface area contributed by atoms with Gasteiger partial charge in [-0.05, 0) is 12.1 Å². The van der Waals surface area contributed by atoms with Gasteiger partial charge in [0.2, 0.25) is 0 Å². The molecule has 1 N–H and O–H groups in total. The molecular weight excluding hydrogens is 429 g/mol. The summed E-state index contributed by atoms with van der Waals surface area (Å²) in [4.78, 5) is 3.79. The number of aromatic nitrogens is 3. The van der Waals surface area contributed by atoms with E-state index in [1.165, 1.54) is 49.4 Å². The summed E-state index contributed by atoms with van der Waals surface area (Å²) in [5.41, 5.74) is -2.91. The molecule has 0 amide bonds. The van der Waals surface area contributed by atoms with Crippen LogP contribution in [0, 0.1) is 5.41 Å². The Hall–Kier alpha value is -1.03. The lowest BCUT2D eigenvalue weighted by atomic mass is 9.72. The Morgan fingerprint density at radius 2 is 1.93 bits per heavy atom. The van der Waals surface area contributed by atoms with Crippen molar-refractivity contribution in [3.63, 3.8) is 0 Å². The van der Waals surface area contributed by atoms with Crippen molar-refractivity contribution in [3.8, 4) is 0 Å². The van der Waals surface area contributed by atoms with Crippen molar-refractivity contribution in [2.75, 3.05) is 5.75 Å². The van der Waals surface area contributed by atoms with Gasteiger partial charge in [-0.2, -0.15) is 13.9 Å². The fraction of sp³-hybridized carbons (Fsp3) is 0.500. The molecule has 0 saturated carbocycles. The Morgan fingerprint density at radius 1 is 1.26 bits per heavy atom. The summed E-state index contributed by atoms with van der Waals surface area (Å²) in [5.74, 6) is -0.478. The molecule has 0 aliphatic rings. The van der Waals surface area contributed by atoms with E-state index in [0.29, 0.717) is 5.02 Å². The average molecular weight is 446 g/mol. The smallest absolute Gasteiger partial charge is 0.353 e. The van der Waals surface area contributed by atoms with Gasteiger partial charge in [0.1, 0.15) is 18.3 Å². The summed E-state index contributed by atoms with van der Waals surface area (Å²) in [6.07, 6.45) is -1.23. The number of halogens is 6. The molecular formula is C16H17Cl2F4N3OS. The number of alkyl halides is 4. The van der Waals surface area contributed by atoms with Gasteiger partial charge in [-0.3, -0.25) is 0 Å². The monoisotopic (exact) mass is 445 g/mol. The van der Waals surface area contributed by atoms with Gasteiger partial charge in [-0.1, -0.05) is 54.9 Å². The number of nitrogens with zero attached hydrogens (tertiary/aromatic N) is 3. The topological polar surface area (TPSA) is 50.9 Å². The second kappa shape index (κ2) is 8.14. The van der Waals surface area contributed by atoms with Crippen molar-refractivity contribution in [2.24, 2.45) is 5.41 Å². The molecule has 1 heterocycles. The van der Waals surface area contributed by atoms with Crippen LogP contribution < -0.4 is 0 Å². The van der Waals surface area contributed by atoms with E-state index in [1.54, 1.807) is 0 Å². The summed E-state index contributed by atoms with van der Waals surface area (Å²) < 4.78 is 53.2. The zero-order valence-corrected chi connectivity index (χ0v) is 16.7. The standard InChI is InChI=1S/C16H17Cl2F4N3OS/c1-14(2,7-27-16(21,22)13(19)20)15(26,6-25-9-23-8-24-25)11-4-3-10(17)5-12(11)18/h3-5,8-9,13,26H,6-7H2,1-2H3. The first-order valence-corrected chi connectivity index (χ1v) is 9.43. The molecule has 11 heteroatoms. The second-order valence-corrected chi connectivity index (χ2v) is 8.58. The maximum absolute atomic E-state index is 13.4. The molecule has 1 aromatic carbocycles. The normalized spacial score (nSPS) is 15.2. The van der Waals surface area contributed by atoms with Gasteiger partial charge < -0.3 is 5.11 Å². The average Bonchev–Trinajstić information content (AvgIpc) is 3.05. The second-order valence-electron chi connectivity index (χ2n) is 6.61. The van der Waals surface area contributed by atoms with Gasteiger partial charge >= 0.3 is 11.7 Å². The van der Waals surface area contributed by atoms with Crippen molar-refractivity contribution in [1.82, 2.24) is 14.8 Å². The molecule has 1 unspecified atom stereocenters. The van der Waals surface area contributed by atoms with Crippen molar-refractivity contribution in [2.45, 2.75) is 37.7 Å². The molecule has 0 saturated heterocycles. The van der Waals surface area contributed by atoms with Crippen molar-refractivity contribution in [3.05, 3.63) is 46.5 Å². The first kappa shape index (κ1) is 22.3. The highest BCUT2D eigenvalue weighted by Crippen LogP contribution is 2.48. The maximum Gasteiger partial charge on any atom is 0.353 e. The first-order valence-electron chi connectivity index (χ1n) is 7.69. The van der Waals surface area contributed by atoms with Gasteiger partial charge in [-0.15, -0.1) is 0 Å².